The maximum Gasteiger partial charge on any atom is 0.408 e. The Labute approximate surface area is 76.4 Å². The maximum atomic E-state index is 11.0. The molecule has 0 spiro atoms. The fourth-order valence-electron chi connectivity index (χ4n) is 0.784. The Bertz CT molecular complexity index is 212. The number of carbonyl (C=O) groups excluding carboxylic acids is 2. The van der Waals surface area contributed by atoms with Gasteiger partial charge in [0, 0.05) is 0 Å². The van der Waals surface area contributed by atoms with Crippen LogP contribution in [0.5, 0.6) is 0 Å². The summed E-state index contributed by atoms with van der Waals surface area (Å²) in [4.78, 5) is 21.8. The summed E-state index contributed by atoms with van der Waals surface area (Å²) in [5.41, 5.74) is 0. The second kappa shape index (κ2) is 4.11. The van der Waals surface area contributed by atoms with Crippen molar-refractivity contribution in [1.29, 1.82) is 0 Å². The van der Waals surface area contributed by atoms with Crippen LogP contribution in [-0.2, 0) is 14.3 Å². The molecule has 5 nitrogen and oxygen atoms in total. The molecule has 0 aromatic heterocycles. The maximum absolute atomic E-state index is 11.0. The fourth-order valence-corrected chi connectivity index (χ4v) is 0.784. The molecule has 1 aliphatic carbocycles. The molecule has 1 saturated carbocycles. The van der Waals surface area contributed by atoms with Crippen molar-refractivity contribution >= 4 is 12.1 Å². The number of amides is 1. The first-order valence-electron chi connectivity index (χ1n) is 4.18. The van der Waals surface area contributed by atoms with E-state index in [0.717, 1.165) is 12.8 Å². The van der Waals surface area contributed by atoms with Crippen LogP contribution in [-0.4, -0.2) is 31.3 Å². The van der Waals surface area contributed by atoms with Gasteiger partial charge in [-0.2, -0.15) is 0 Å². The highest BCUT2D eigenvalue weighted by atomic mass is 16.6. The second-order valence-electron chi connectivity index (χ2n) is 2.99. The van der Waals surface area contributed by atoms with Crippen LogP contribution in [0.25, 0.3) is 0 Å². The van der Waals surface area contributed by atoms with E-state index < -0.39 is 18.1 Å². The molecule has 1 fully saturated rings. The minimum Gasteiger partial charge on any atom is -0.467 e. The van der Waals surface area contributed by atoms with E-state index in [2.05, 4.69) is 10.1 Å². The molecule has 1 rings (SSSR count). The molecular formula is C8H13NO4. The lowest BCUT2D eigenvalue weighted by Gasteiger charge is -2.10. The van der Waals surface area contributed by atoms with Gasteiger partial charge in [-0.3, -0.25) is 0 Å². The number of rotatable bonds is 3. The van der Waals surface area contributed by atoms with Crippen LogP contribution in [0.1, 0.15) is 19.8 Å². The van der Waals surface area contributed by atoms with Gasteiger partial charge in [-0.1, -0.05) is 0 Å². The average Bonchev–Trinajstić information content (AvgIpc) is 2.86. The normalized spacial score (nSPS) is 17.4. The number of hydrogen-bond donors (Lipinski definition) is 1. The Morgan fingerprint density at radius 2 is 2.08 bits per heavy atom. The minimum atomic E-state index is -0.656. The van der Waals surface area contributed by atoms with Gasteiger partial charge in [0.2, 0.25) is 0 Å². The SMILES string of the molecule is COC(=O)C(C)NC(=O)OC1CC1. The molecule has 1 amide bonds. The van der Waals surface area contributed by atoms with Crippen molar-refractivity contribution in [2.45, 2.75) is 31.9 Å². The lowest BCUT2D eigenvalue weighted by molar-refractivity contribution is -0.142. The van der Waals surface area contributed by atoms with E-state index in [9.17, 15) is 9.59 Å². The van der Waals surface area contributed by atoms with Crippen LogP contribution in [0.3, 0.4) is 0 Å². The van der Waals surface area contributed by atoms with Crippen LogP contribution in [0.15, 0.2) is 0 Å². The van der Waals surface area contributed by atoms with Gasteiger partial charge in [-0.25, -0.2) is 9.59 Å². The number of hydrogen-bond acceptors (Lipinski definition) is 4. The molecule has 0 aliphatic heterocycles. The fraction of sp³-hybridized carbons (Fsp3) is 0.750. The zero-order valence-corrected chi connectivity index (χ0v) is 7.70. The van der Waals surface area contributed by atoms with E-state index in [1.807, 2.05) is 0 Å². The van der Waals surface area contributed by atoms with Gasteiger partial charge < -0.3 is 14.8 Å². The topological polar surface area (TPSA) is 64.6 Å². The van der Waals surface area contributed by atoms with E-state index >= 15 is 0 Å². The molecule has 1 unspecified atom stereocenters. The summed E-state index contributed by atoms with van der Waals surface area (Å²) in [6.07, 6.45) is 1.32. The molecule has 0 aromatic rings. The van der Waals surface area contributed by atoms with Crippen molar-refractivity contribution in [3.05, 3.63) is 0 Å². The molecule has 0 saturated heterocycles. The quantitative estimate of drug-likeness (QED) is 0.651. The summed E-state index contributed by atoms with van der Waals surface area (Å²) in [6, 6.07) is -0.656. The standard InChI is InChI=1S/C8H13NO4/c1-5(7(10)12-2)9-8(11)13-6-3-4-6/h5-6H,3-4H2,1-2H3,(H,9,11). The first-order chi connectivity index (χ1) is 6.13. The number of esters is 1. The zero-order valence-electron chi connectivity index (χ0n) is 7.70. The van der Waals surface area contributed by atoms with E-state index in [1.165, 1.54) is 7.11 Å². The highest BCUT2D eigenvalue weighted by Crippen LogP contribution is 2.23. The van der Waals surface area contributed by atoms with Crippen molar-refractivity contribution in [3.63, 3.8) is 0 Å². The van der Waals surface area contributed by atoms with Crippen LogP contribution in [0.2, 0.25) is 0 Å². The van der Waals surface area contributed by atoms with Crippen LogP contribution < -0.4 is 5.32 Å². The predicted octanol–water partition coefficient (Wildman–Crippen LogP) is 0.436. The van der Waals surface area contributed by atoms with Gasteiger partial charge in [0.25, 0.3) is 0 Å². The molecule has 1 atom stereocenters. The highest BCUT2D eigenvalue weighted by molar-refractivity contribution is 5.80. The highest BCUT2D eigenvalue weighted by Gasteiger charge is 2.27. The van der Waals surface area contributed by atoms with Gasteiger partial charge in [0.1, 0.15) is 12.1 Å². The van der Waals surface area contributed by atoms with Gasteiger partial charge >= 0.3 is 12.1 Å². The molecule has 1 N–H and O–H groups in total. The summed E-state index contributed by atoms with van der Waals surface area (Å²) >= 11 is 0. The Balaban J connectivity index is 2.21. The molecule has 5 heteroatoms. The van der Waals surface area contributed by atoms with Crippen molar-refractivity contribution in [3.8, 4) is 0 Å². The molecule has 0 radical (unpaired) electrons. The van der Waals surface area contributed by atoms with Crippen molar-refractivity contribution in [1.82, 2.24) is 5.32 Å². The van der Waals surface area contributed by atoms with Gasteiger partial charge in [-0.15, -0.1) is 0 Å². The first-order valence-corrected chi connectivity index (χ1v) is 4.18. The minimum absolute atomic E-state index is 0.0462. The van der Waals surface area contributed by atoms with E-state index in [-0.39, 0.29) is 6.10 Å². The third-order valence-corrected chi connectivity index (χ3v) is 1.69. The van der Waals surface area contributed by atoms with Crippen LogP contribution >= 0.6 is 0 Å². The summed E-state index contributed by atoms with van der Waals surface area (Å²) in [7, 11) is 1.27. The summed E-state index contributed by atoms with van der Waals surface area (Å²) in [5, 5.41) is 2.37. The molecule has 0 aromatic carbocycles. The number of carbonyl (C=O) groups is 2. The summed E-state index contributed by atoms with van der Waals surface area (Å²) in [6.45, 7) is 1.54. The molecule has 0 bridgehead atoms. The van der Waals surface area contributed by atoms with Crippen molar-refractivity contribution in [2.75, 3.05) is 7.11 Å². The first kappa shape index (κ1) is 9.83. The third-order valence-electron chi connectivity index (χ3n) is 1.69. The number of methoxy groups -OCH3 is 1. The lowest BCUT2D eigenvalue weighted by Crippen LogP contribution is -2.39. The van der Waals surface area contributed by atoms with Crippen molar-refractivity contribution < 1.29 is 19.1 Å². The molecule has 1 aliphatic rings. The monoisotopic (exact) mass is 187 g/mol. The molecule has 74 valence electrons. The Kier molecular flexibility index (Phi) is 3.11. The molecule has 0 heterocycles. The van der Waals surface area contributed by atoms with Gasteiger partial charge in [0.05, 0.1) is 7.11 Å². The van der Waals surface area contributed by atoms with E-state index in [1.54, 1.807) is 6.92 Å². The van der Waals surface area contributed by atoms with Gasteiger partial charge in [-0.05, 0) is 19.8 Å². The molecule has 13 heavy (non-hydrogen) atoms. The number of ether oxygens (including phenoxy) is 2. The Morgan fingerprint density at radius 1 is 1.46 bits per heavy atom. The third kappa shape index (κ3) is 3.31. The predicted molar refractivity (Wildman–Crippen MR) is 44.1 cm³/mol. The molecular weight excluding hydrogens is 174 g/mol. The average molecular weight is 187 g/mol. The largest absolute Gasteiger partial charge is 0.467 e. The lowest BCUT2D eigenvalue weighted by atomic mass is 10.3. The van der Waals surface area contributed by atoms with Gasteiger partial charge in [0.15, 0.2) is 0 Å². The Hall–Kier alpha value is -1.26. The van der Waals surface area contributed by atoms with E-state index in [0.29, 0.717) is 0 Å². The second-order valence-corrected chi connectivity index (χ2v) is 2.99. The Morgan fingerprint density at radius 3 is 2.54 bits per heavy atom. The number of nitrogens with one attached hydrogen (secondary N) is 1. The summed E-state index contributed by atoms with van der Waals surface area (Å²) in [5.74, 6) is -0.479. The summed E-state index contributed by atoms with van der Waals surface area (Å²) < 4.78 is 9.29. The van der Waals surface area contributed by atoms with Crippen LogP contribution in [0.4, 0.5) is 4.79 Å². The van der Waals surface area contributed by atoms with Crippen LogP contribution in [0, 0.1) is 0 Å². The zero-order chi connectivity index (χ0) is 9.84. The smallest absolute Gasteiger partial charge is 0.408 e. The number of alkyl carbamates (subject to hydrolysis) is 1. The van der Waals surface area contributed by atoms with Crippen molar-refractivity contribution in [2.24, 2.45) is 0 Å². The van der Waals surface area contributed by atoms with E-state index in [4.69, 9.17) is 4.74 Å².